The first-order valence-electron chi connectivity index (χ1n) is 9.39. The Kier molecular flexibility index (Phi) is 5.12. The average molecular weight is 381 g/mol. The number of hydrogen-bond acceptors (Lipinski definition) is 6. The highest BCUT2D eigenvalue weighted by molar-refractivity contribution is 5.99. The van der Waals surface area contributed by atoms with E-state index in [1.54, 1.807) is 10.7 Å². The number of carbonyl (C=O) groups excluding carboxylic acids is 1. The third-order valence-electron chi connectivity index (χ3n) is 4.85. The number of aromatic nitrogens is 3. The minimum absolute atomic E-state index is 0.211. The largest absolute Gasteiger partial charge is 0.454 e. The van der Waals surface area contributed by atoms with Gasteiger partial charge in [-0.15, -0.1) is 0 Å². The molecular weight excluding hydrogens is 358 g/mol. The maximum absolute atomic E-state index is 12.6. The maximum atomic E-state index is 12.6. The van der Waals surface area contributed by atoms with Crippen LogP contribution in [0, 0.1) is 0 Å². The molecule has 0 fully saturated rings. The second kappa shape index (κ2) is 7.85. The number of hydrogen-bond donors (Lipinski definition) is 1. The second-order valence-electron chi connectivity index (χ2n) is 6.62. The summed E-state index contributed by atoms with van der Waals surface area (Å²) in [6, 6.07) is 5.62. The lowest BCUT2D eigenvalue weighted by Crippen LogP contribution is -2.23. The molecule has 28 heavy (non-hydrogen) atoms. The van der Waals surface area contributed by atoms with Crippen LogP contribution in [0.4, 0.5) is 0 Å². The van der Waals surface area contributed by atoms with E-state index in [2.05, 4.69) is 34.1 Å². The highest BCUT2D eigenvalue weighted by atomic mass is 16.7. The van der Waals surface area contributed by atoms with Crippen LogP contribution in [0.25, 0.3) is 5.65 Å². The molecule has 0 aliphatic carbocycles. The van der Waals surface area contributed by atoms with Gasteiger partial charge in [0, 0.05) is 31.0 Å². The molecular formula is C20H23N5O3. The highest BCUT2D eigenvalue weighted by Gasteiger charge is 2.16. The van der Waals surface area contributed by atoms with Gasteiger partial charge < -0.3 is 14.8 Å². The molecule has 1 N–H and O–H groups in total. The van der Waals surface area contributed by atoms with Crippen molar-refractivity contribution in [1.82, 2.24) is 24.8 Å². The van der Waals surface area contributed by atoms with Crippen LogP contribution in [0.5, 0.6) is 11.5 Å². The molecule has 4 rings (SSSR count). The van der Waals surface area contributed by atoms with Crippen LogP contribution in [0.15, 0.2) is 36.8 Å². The van der Waals surface area contributed by atoms with Crippen molar-refractivity contribution in [2.24, 2.45) is 0 Å². The summed E-state index contributed by atoms with van der Waals surface area (Å²) in [7, 11) is 0. The third kappa shape index (κ3) is 3.63. The summed E-state index contributed by atoms with van der Waals surface area (Å²) in [5.74, 6) is 1.21. The molecule has 0 saturated carbocycles. The SMILES string of the molecule is CCN(CC)Cc1cnc2c(C(=O)NCc3ccc4c(c3)OCO4)cnn2c1. The fraction of sp³-hybridized carbons (Fsp3) is 0.350. The van der Waals surface area contributed by atoms with Gasteiger partial charge in [-0.1, -0.05) is 19.9 Å². The Bertz CT molecular complexity index is 997. The van der Waals surface area contributed by atoms with Gasteiger partial charge in [-0.2, -0.15) is 5.10 Å². The Labute approximate surface area is 163 Å². The van der Waals surface area contributed by atoms with Crippen LogP contribution >= 0.6 is 0 Å². The molecule has 1 aliphatic rings. The number of amides is 1. The van der Waals surface area contributed by atoms with Crippen molar-refractivity contribution in [3.8, 4) is 11.5 Å². The van der Waals surface area contributed by atoms with Crippen molar-refractivity contribution in [2.45, 2.75) is 26.9 Å². The monoisotopic (exact) mass is 381 g/mol. The lowest BCUT2D eigenvalue weighted by Gasteiger charge is -2.17. The fourth-order valence-corrected chi connectivity index (χ4v) is 3.19. The van der Waals surface area contributed by atoms with Crippen LogP contribution in [-0.2, 0) is 13.1 Å². The molecule has 146 valence electrons. The minimum Gasteiger partial charge on any atom is -0.454 e. The van der Waals surface area contributed by atoms with E-state index in [-0.39, 0.29) is 12.7 Å². The van der Waals surface area contributed by atoms with Gasteiger partial charge in [0.1, 0.15) is 5.56 Å². The Morgan fingerprint density at radius 2 is 2.00 bits per heavy atom. The second-order valence-corrected chi connectivity index (χ2v) is 6.62. The van der Waals surface area contributed by atoms with Crippen LogP contribution in [0.1, 0.15) is 35.3 Å². The van der Waals surface area contributed by atoms with E-state index in [0.717, 1.165) is 36.5 Å². The molecule has 1 amide bonds. The number of nitrogens with one attached hydrogen (secondary N) is 1. The van der Waals surface area contributed by atoms with E-state index in [4.69, 9.17) is 9.47 Å². The van der Waals surface area contributed by atoms with E-state index in [0.29, 0.717) is 23.5 Å². The summed E-state index contributed by atoms with van der Waals surface area (Å²) >= 11 is 0. The van der Waals surface area contributed by atoms with Crippen LogP contribution in [-0.4, -0.2) is 45.3 Å². The first kappa shape index (κ1) is 18.2. The van der Waals surface area contributed by atoms with Crippen molar-refractivity contribution in [3.05, 3.63) is 53.5 Å². The van der Waals surface area contributed by atoms with E-state index in [1.807, 2.05) is 30.6 Å². The zero-order valence-corrected chi connectivity index (χ0v) is 16.0. The molecule has 0 bridgehead atoms. The van der Waals surface area contributed by atoms with Gasteiger partial charge in [-0.05, 0) is 30.8 Å². The number of carbonyl (C=O) groups is 1. The van der Waals surface area contributed by atoms with Crippen molar-refractivity contribution in [3.63, 3.8) is 0 Å². The molecule has 0 radical (unpaired) electrons. The van der Waals surface area contributed by atoms with Crippen molar-refractivity contribution in [1.29, 1.82) is 0 Å². The van der Waals surface area contributed by atoms with Crippen LogP contribution < -0.4 is 14.8 Å². The predicted octanol–water partition coefficient (Wildman–Crippen LogP) is 2.23. The molecule has 0 atom stereocenters. The summed E-state index contributed by atoms with van der Waals surface area (Å²) in [6.45, 7) is 7.63. The summed E-state index contributed by atoms with van der Waals surface area (Å²) < 4.78 is 12.3. The number of fused-ring (bicyclic) bond motifs is 2. The summed E-state index contributed by atoms with van der Waals surface area (Å²) in [4.78, 5) is 19.4. The van der Waals surface area contributed by atoms with Gasteiger partial charge >= 0.3 is 0 Å². The highest BCUT2D eigenvalue weighted by Crippen LogP contribution is 2.32. The van der Waals surface area contributed by atoms with Crippen LogP contribution in [0.3, 0.4) is 0 Å². The zero-order valence-electron chi connectivity index (χ0n) is 16.0. The van der Waals surface area contributed by atoms with Crippen molar-refractivity contribution in [2.75, 3.05) is 19.9 Å². The van der Waals surface area contributed by atoms with Crippen molar-refractivity contribution < 1.29 is 14.3 Å². The van der Waals surface area contributed by atoms with E-state index in [9.17, 15) is 4.79 Å². The quantitative estimate of drug-likeness (QED) is 0.676. The minimum atomic E-state index is -0.211. The van der Waals surface area contributed by atoms with E-state index in [1.165, 1.54) is 0 Å². The molecule has 1 aliphatic heterocycles. The fourth-order valence-electron chi connectivity index (χ4n) is 3.19. The Balaban J connectivity index is 1.45. The molecule has 8 nitrogen and oxygen atoms in total. The van der Waals surface area contributed by atoms with Crippen molar-refractivity contribution >= 4 is 11.6 Å². The van der Waals surface area contributed by atoms with Gasteiger partial charge in [0.2, 0.25) is 6.79 Å². The molecule has 3 aromatic rings. The van der Waals surface area contributed by atoms with Crippen LogP contribution in [0.2, 0.25) is 0 Å². The van der Waals surface area contributed by atoms with E-state index >= 15 is 0 Å². The number of ether oxygens (including phenoxy) is 2. The summed E-state index contributed by atoms with van der Waals surface area (Å²) in [5.41, 5.74) is 3.00. The zero-order chi connectivity index (χ0) is 19.5. The van der Waals surface area contributed by atoms with Gasteiger partial charge in [0.25, 0.3) is 5.91 Å². The van der Waals surface area contributed by atoms with Gasteiger partial charge in [0.15, 0.2) is 17.1 Å². The predicted molar refractivity (Wildman–Crippen MR) is 103 cm³/mol. The molecule has 1 aromatic carbocycles. The lowest BCUT2D eigenvalue weighted by molar-refractivity contribution is 0.0952. The topological polar surface area (TPSA) is 81.0 Å². The molecule has 0 saturated heterocycles. The summed E-state index contributed by atoms with van der Waals surface area (Å²) in [6.07, 6.45) is 5.29. The number of nitrogens with zero attached hydrogens (tertiary/aromatic N) is 4. The molecule has 0 spiro atoms. The molecule has 0 unspecified atom stereocenters. The standard InChI is InChI=1S/C20H23N5O3/c1-3-24(4-2)11-15-9-21-19-16(10-23-25(19)12-15)20(26)22-8-14-5-6-17-18(7-14)28-13-27-17/h5-7,9-10,12H,3-4,8,11,13H2,1-2H3,(H,22,26). The Morgan fingerprint density at radius 1 is 1.18 bits per heavy atom. The lowest BCUT2D eigenvalue weighted by atomic mass is 10.2. The first-order valence-corrected chi connectivity index (χ1v) is 9.39. The maximum Gasteiger partial charge on any atom is 0.257 e. The smallest absolute Gasteiger partial charge is 0.257 e. The molecule has 2 aromatic heterocycles. The Morgan fingerprint density at radius 3 is 2.82 bits per heavy atom. The summed E-state index contributed by atoms with van der Waals surface area (Å²) in [5, 5.41) is 7.21. The molecule has 3 heterocycles. The van der Waals surface area contributed by atoms with Gasteiger partial charge in [-0.25, -0.2) is 9.50 Å². The molecule has 8 heteroatoms. The Hall–Kier alpha value is -3.13. The first-order chi connectivity index (χ1) is 13.7. The van der Waals surface area contributed by atoms with E-state index < -0.39 is 0 Å². The number of rotatable bonds is 7. The van der Waals surface area contributed by atoms with Gasteiger partial charge in [-0.3, -0.25) is 9.69 Å². The normalized spacial score (nSPS) is 12.7. The van der Waals surface area contributed by atoms with Gasteiger partial charge in [0.05, 0.1) is 6.20 Å². The average Bonchev–Trinajstić information content (AvgIpc) is 3.36. The number of benzene rings is 1. The third-order valence-corrected chi connectivity index (χ3v) is 4.85.